The van der Waals surface area contributed by atoms with Crippen LogP contribution in [-0.4, -0.2) is 41.5 Å². The van der Waals surface area contributed by atoms with E-state index in [1.807, 2.05) is 30.3 Å². The molecule has 3 rings (SSSR count). The van der Waals surface area contributed by atoms with Crippen LogP contribution in [0.25, 0.3) is 0 Å². The number of nitrogens with one attached hydrogen (secondary N) is 1. The quantitative estimate of drug-likeness (QED) is 0.765. The summed E-state index contributed by atoms with van der Waals surface area (Å²) in [5.74, 6) is 2.50. The number of carbonyl (C=O) groups excluding carboxylic acids is 2. The fraction of sp³-hybridized carbons (Fsp3) is 0.500. The van der Waals surface area contributed by atoms with Gasteiger partial charge >= 0.3 is 0 Å². The van der Waals surface area contributed by atoms with E-state index in [9.17, 15) is 9.59 Å². The molecule has 0 spiro atoms. The lowest BCUT2D eigenvalue weighted by molar-refractivity contribution is -0.139. The fourth-order valence-corrected chi connectivity index (χ4v) is 3.33. The van der Waals surface area contributed by atoms with Crippen LogP contribution in [0.2, 0.25) is 0 Å². The largest absolute Gasteiger partial charge is 0.354 e. The third kappa shape index (κ3) is 4.48. The first-order valence-corrected chi connectivity index (χ1v) is 9.12. The summed E-state index contributed by atoms with van der Waals surface area (Å²) < 4.78 is 0. The molecule has 136 valence electrons. The smallest absolute Gasteiger partial charge is 0.243 e. The van der Waals surface area contributed by atoms with Crippen molar-refractivity contribution in [3.05, 3.63) is 35.9 Å². The van der Waals surface area contributed by atoms with Gasteiger partial charge in [0, 0.05) is 45.2 Å². The molecule has 0 saturated carbocycles. The van der Waals surface area contributed by atoms with E-state index in [1.54, 1.807) is 4.90 Å². The van der Waals surface area contributed by atoms with Gasteiger partial charge in [0.15, 0.2) is 5.66 Å². The second-order valence-electron chi connectivity index (χ2n) is 6.82. The minimum absolute atomic E-state index is 0.0136. The van der Waals surface area contributed by atoms with Gasteiger partial charge in [-0.1, -0.05) is 30.3 Å². The maximum atomic E-state index is 12.9. The molecule has 2 heterocycles. The molecule has 1 N–H and O–H groups in total. The molecule has 1 aromatic rings. The number of amides is 2. The first-order chi connectivity index (χ1) is 12.6. The standard InChI is InChI=1S/C20H24N4O2/c1-2-3-11-20(22-23-20)12-10-18(25)24-14-7-13-21-19(26)17(24)15-16-8-5-4-6-9-16/h1,4-6,8-9,17H,3,7,10-15H2,(H,21,26). The zero-order valence-electron chi connectivity index (χ0n) is 14.9. The maximum Gasteiger partial charge on any atom is 0.243 e. The van der Waals surface area contributed by atoms with Crippen LogP contribution in [-0.2, 0) is 16.0 Å². The molecule has 26 heavy (non-hydrogen) atoms. The number of nitrogens with zero attached hydrogens (tertiary/aromatic N) is 3. The average molecular weight is 352 g/mol. The first kappa shape index (κ1) is 18.1. The molecule has 0 bridgehead atoms. The Hall–Kier alpha value is -2.68. The molecule has 0 aliphatic carbocycles. The van der Waals surface area contributed by atoms with E-state index in [0.717, 1.165) is 12.0 Å². The van der Waals surface area contributed by atoms with Crippen LogP contribution in [0.1, 0.15) is 37.7 Å². The molecule has 2 aliphatic heterocycles. The summed E-state index contributed by atoms with van der Waals surface area (Å²) in [7, 11) is 0. The number of benzene rings is 1. The summed E-state index contributed by atoms with van der Waals surface area (Å²) in [6.07, 6.45) is 8.77. The maximum absolute atomic E-state index is 12.9. The molecular formula is C20H24N4O2. The monoisotopic (exact) mass is 352 g/mol. The van der Waals surface area contributed by atoms with Crippen LogP contribution >= 0.6 is 0 Å². The van der Waals surface area contributed by atoms with Crippen molar-refractivity contribution in [3.63, 3.8) is 0 Å². The summed E-state index contributed by atoms with van der Waals surface area (Å²) in [4.78, 5) is 27.1. The number of hydrogen-bond acceptors (Lipinski definition) is 4. The van der Waals surface area contributed by atoms with Gasteiger partial charge in [-0.3, -0.25) is 9.59 Å². The summed E-state index contributed by atoms with van der Waals surface area (Å²) in [5.41, 5.74) is 0.579. The lowest BCUT2D eigenvalue weighted by Crippen LogP contribution is -2.48. The molecule has 1 saturated heterocycles. The lowest BCUT2D eigenvalue weighted by atomic mass is 10.00. The third-order valence-corrected chi connectivity index (χ3v) is 4.94. The Bertz CT molecular complexity index is 717. The molecule has 1 unspecified atom stereocenters. The van der Waals surface area contributed by atoms with Gasteiger partial charge in [0.1, 0.15) is 6.04 Å². The Balaban J connectivity index is 1.65. The highest BCUT2D eigenvalue weighted by molar-refractivity contribution is 5.88. The Morgan fingerprint density at radius 3 is 2.77 bits per heavy atom. The molecule has 6 nitrogen and oxygen atoms in total. The van der Waals surface area contributed by atoms with Gasteiger partial charge in [-0.2, -0.15) is 10.2 Å². The van der Waals surface area contributed by atoms with E-state index in [0.29, 0.717) is 45.2 Å². The van der Waals surface area contributed by atoms with Crippen LogP contribution in [0.5, 0.6) is 0 Å². The van der Waals surface area contributed by atoms with Crippen molar-refractivity contribution in [1.29, 1.82) is 0 Å². The van der Waals surface area contributed by atoms with E-state index in [2.05, 4.69) is 21.5 Å². The number of carbonyl (C=O) groups is 2. The van der Waals surface area contributed by atoms with Crippen molar-refractivity contribution in [1.82, 2.24) is 10.2 Å². The van der Waals surface area contributed by atoms with Gasteiger partial charge in [-0.15, -0.1) is 12.3 Å². The lowest BCUT2D eigenvalue weighted by Gasteiger charge is -2.29. The summed E-state index contributed by atoms with van der Waals surface area (Å²) in [6, 6.07) is 9.33. The van der Waals surface area contributed by atoms with Gasteiger partial charge < -0.3 is 10.2 Å². The zero-order chi connectivity index (χ0) is 18.4. The van der Waals surface area contributed by atoms with E-state index < -0.39 is 11.7 Å². The molecular weight excluding hydrogens is 328 g/mol. The molecule has 1 atom stereocenters. The molecule has 0 radical (unpaired) electrons. The highest BCUT2D eigenvalue weighted by Gasteiger charge is 2.40. The topological polar surface area (TPSA) is 74.1 Å². The molecule has 2 amide bonds. The van der Waals surface area contributed by atoms with Crippen LogP contribution in [0.15, 0.2) is 40.6 Å². The predicted octanol–water partition coefficient (Wildman–Crippen LogP) is 2.30. The second kappa shape index (κ2) is 8.13. The predicted molar refractivity (Wildman–Crippen MR) is 98.2 cm³/mol. The van der Waals surface area contributed by atoms with Gasteiger partial charge in [0.25, 0.3) is 0 Å². The number of terminal acetylenes is 1. The summed E-state index contributed by atoms with van der Waals surface area (Å²) in [5, 5.41) is 11.1. The van der Waals surface area contributed by atoms with Gasteiger partial charge in [-0.25, -0.2) is 0 Å². The Kier molecular flexibility index (Phi) is 5.67. The third-order valence-electron chi connectivity index (χ3n) is 4.94. The molecule has 1 aromatic carbocycles. The minimum atomic E-state index is -0.470. The fourth-order valence-electron chi connectivity index (χ4n) is 3.33. The van der Waals surface area contributed by atoms with Crippen molar-refractivity contribution < 1.29 is 9.59 Å². The van der Waals surface area contributed by atoms with Gasteiger partial charge in [0.05, 0.1) is 0 Å². The van der Waals surface area contributed by atoms with Crippen molar-refractivity contribution in [2.45, 2.75) is 50.2 Å². The molecule has 1 fully saturated rings. The summed E-state index contributed by atoms with van der Waals surface area (Å²) >= 11 is 0. The highest BCUT2D eigenvalue weighted by Crippen LogP contribution is 2.37. The van der Waals surface area contributed by atoms with Crippen molar-refractivity contribution in [2.75, 3.05) is 13.1 Å². The van der Waals surface area contributed by atoms with Gasteiger partial charge in [0.2, 0.25) is 11.8 Å². The zero-order valence-corrected chi connectivity index (χ0v) is 14.9. The van der Waals surface area contributed by atoms with E-state index in [-0.39, 0.29) is 11.8 Å². The van der Waals surface area contributed by atoms with E-state index in [1.165, 1.54) is 0 Å². The highest BCUT2D eigenvalue weighted by atomic mass is 16.2. The molecule has 0 aromatic heterocycles. The first-order valence-electron chi connectivity index (χ1n) is 9.12. The molecule has 2 aliphatic rings. The van der Waals surface area contributed by atoms with Crippen molar-refractivity contribution >= 4 is 11.8 Å². The summed E-state index contributed by atoms with van der Waals surface area (Å²) in [6.45, 7) is 1.19. The second-order valence-corrected chi connectivity index (χ2v) is 6.82. The Morgan fingerprint density at radius 2 is 2.08 bits per heavy atom. The minimum Gasteiger partial charge on any atom is -0.354 e. The van der Waals surface area contributed by atoms with Gasteiger partial charge in [-0.05, 0) is 12.0 Å². The average Bonchev–Trinajstić information content (AvgIpc) is 3.45. The van der Waals surface area contributed by atoms with Crippen molar-refractivity contribution in [3.8, 4) is 12.3 Å². The van der Waals surface area contributed by atoms with E-state index >= 15 is 0 Å². The van der Waals surface area contributed by atoms with Crippen molar-refractivity contribution in [2.24, 2.45) is 10.2 Å². The molecule has 6 heteroatoms. The van der Waals surface area contributed by atoms with Crippen LogP contribution in [0, 0.1) is 12.3 Å². The normalized spacial score (nSPS) is 20.8. The van der Waals surface area contributed by atoms with Crippen LogP contribution < -0.4 is 5.32 Å². The van der Waals surface area contributed by atoms with Crippen LogP contribution in [0.3, 0.4) is 0 Å². The SMILES string of the molecule is C#CCCC1(CCC(=O)N2CCCNC(=O)C2Cc2ccccc2)N=N1. The van der Waals surface area contributed by atoms with E-state index in [4.69, 9.17) is 6.42 Å². The Labute approximate surface area is 154 Å². The van der Waals surface area contributed by atoms with Crippen LogP contribution in [0.4, 0.5) is 0 Å². The number of rotatable bonds is 7. The number of hydrogen-bond donors (Lipinski definition) is 1. The Morgan fingerprint density at radius 1 is 1.31 bits per heavy atom.